The van der Waals surface area contributed by atoms with Crippen molar-refractivity contribution in [1.29, 1.82) is 0 Å². The first-order valence-corrected chi connectivity index (χ1v) is 7.85. The normalized spacial score (nSPS) is 16.0. The van der Waals surface area contributed by atoms with E-state index in [0.717, 1.165) is 29.2 Å². The monoisotopic (exact) mass is 326 g/mol. The summed E-state index contributed by atoms with van der Waals surface area (Å²) >= 11 is 0. The summed E-state index contributed by atoms with van der Waals surface area (Å²) in [5, 5.41) is 3.36. The van der Waals surface area contributed by atoms with Gasteiger partial charge in [0.15, 0.2) is 5.58 Å². The molecule has 1 aromatic heterocycles. The highest BCUT2D eigenvalue weighted by Crippen LogP contribution is 2.36. The van der Waals surface area contributed by atoms with Crippen LogP contribution in [0.2, 0.25) is 0 Å². The Kier molecular flexibility index (Phi) is 3.45. The maximum absolute atomic E-state index is 11.2. The molecule has 2 N–H and O–H groups in total. The van der Waals surface area contributed by atoms with E-state index in [1.165, 1.54) is 5.56 Å². The van der Waals surface area contributed by atoms with E-state index in [1.54, 1.807) is 13.2 Å². The van der Waals surface area contributed by atoms with Gasteiger partial charge in [0.1, 0.15) is 17.6 Å². The van der Waals surface area contributed by atoms with Crippen LogP contribution in [0.1, 0.15) is 18.1 Å². The second kappa shape index (κ2) is 5.63. The van der Waals surface area contributed by atoms with Gasteiger partial charge in [0.2, 0.25) is 0 Å². The molecule has 0 radical (unpaired) electrons. The van der Waals surface area contributed by atoms with Crippen LogP contribution in [-0.2, 0) is 13.0 Å². The molecule has 2 aromatic carbocycles. The van der Waals surface area contributed by atoms with Gasteiger partial charge in [-0.3, -0.25) is 4.98 Å². The fourth-order valence-corrected chi connectivity index (χ4v) is 3.09. The maximum atomic E-state index is 11.2. The Morgan fingerprint density at radius 1 is 1.33 bits per heavy atom. The molecule has 1 atom stereocenters. The molecule has 124 valence electrons. The van der Waals surface area contributed by atoms with Gasteiger partial charge in [-0.15, -0.1) is 0 Å². The van der Waals surface area contributed by atoms with Crippen molar-refractivity contribution in [3.63, 3.8) is 0 Å². The van der Waals surface area contributed by atoms with Crippen molar-refractivity contribution in [3.8, 4) is 11.5 Å². The second-order valence-electron chi connectivity index (χ2n) is 5.99. The highest BCUT2D eigenvalue weighted by atomic mass is 16.5. The average molecular weight is 326 g/mol. The standard InChI is InChI=1S/C18H18N2O4/c1-10-5-11-6-14(22-2)7-12(17(11)23-10)9-19-13-3-4-16-15(8-13)20-18(21)24-16/h3-4,6-8,10,19H,5,9H2,1-2H3,(H,20,21)/t10-/m1/s1. The minimum absolute atomic E-state index is 0.179. The molecule has 1 aliphatic heterocycles. The fourth-order valence-electron chi connectivity index (χ4n) is 3.09. The maximum Gasteiger partial charge on any atom is 0.417 e. The Bertz CT molecular complexity index is 957. The number of anilines is 1. The minimum atomic E-state index is -0.449. The summed E-state index contributed by atoms with van der Waals surface area (Å²) in [6.07, 6.45) is 1.07. The Morgan fingerprint density at radius 3 is 3.04 bits per heavy atom. The molecule has 3 aromatic rings. The van der Waals surface area contributed by atoms with Crippen LogP contribution in [0, 0.1) is 0 Å². The van der Waals surface area contributed by atoms with Gasteiger partial charge in [0, 0.05) is 29.8 Å². The van der Waals surface area contributed by atoms with E-state index in [-0.39, 0.29) is 6.10 Å². The van der Waals surface area contributed by atoms with Crippen LogP contribution in [0.25, 0.3) is 11.1 Å². The predicted octanol–water partition coefficient (Wildman–Crippen LogP) is 3.07. The molecule has 2 heterocycles. The molecule has 0 saturated heterocycles. The molecule has 6 nitrogen and oxygen atoms in total. The Labute approximate surface area is 138 Å². The molecule has 0 amide bonds. The number of methoxy groups -OCH3 is 1. The molecule has 4 rings (SSSR count). The van der Waals surface area contributed by atoms with Crippen LogP contribution < -0.4 is 20.5 Å². The smallest absolute Gasteiger partial charge is 0.417 e. The first-order valence-electron chi connectivity index (χ1n) is 7.85. The Hall–Kier alpha value is -2.89. The van der Waals surface area contributed by atoms with Gasteiger partial charge in [-0.1, -0.05) is 0 Å². The number of aromatic nitrogens is 1. The van der Waals surface area contributed by atoms with Crippen LogP contribution in [0.5, 0.6) is 11.5 Å². The second-order valence-corrected chi connectivity index (χ2v) is 5.99. The number of H-pyrrole nitrogens is 1. The van der Waals surface area contributed by atoms with Crippen molar-refractivity contribution in [1.82, 2.24) is 4.98 Å². The van der Waals surface area contributed by atoms with Gasteiger partial charge < -0.3 is 19.2 Å². The first kappa shape index (κ1) is 14.7. The van der Waals surface area contributed by atoms with E-state index in [4.69, 9.17) is 13.9 Å². The minimum Gasteiger partial charge on any atom is -0.497 e. The van der Waals surface area contributed by atoms with Gasteiger partial charge in [0.25, 0.3) is 0 Å². The summed E-state index contributed by atoms with van der Waals surface area (Å²) in [5.41, 5.74) is 4.33. The van der Waals surface area contributed by atoms with Gasteiger partial charge in [-0.05, 0) is 37.3 Å². The van der Waals surface area contributed by atoms with Crippen molar-refractivity contribution in [2.75, 3.05) is 12.4 Å². The number of oxazole rings is 1. The molecular formula is C18H18N2O4. The van der Waals surface area contributed by atoms with Gasteiger partial charge in [-0.25, -0.2) is 4.79 Å². The summed E-state index contributed by atoms with van der Waals surface area (Å²) in [6, 6.07) is 9.52. The summed E-state index contributed by atoms with van der Waals surface area (Å²) in [4.78, 5) is 13.9. The molecule has 0 unspecified atom stereocenters. The zero-order chi connectivity index (χ0) is 16.7. The molecule has 0 aliphatic carbocycles. The lowest BCUT2D eigenvalue weighted by Gasteiger charge is -2.13. The molecule has 1 aliphatic rings. The highest BCUT2D eigenvalue weighted by molar-refractivity contribution is 5.76. The molecular weight excluding hydrogens is 308 g/mol. The quantitative estimate of drug-likeness (QED) is 0.770. The summed E-state index contributed by atoms with van der Waals surface area (Å²) in [7, 11) is 1.67. The van der Waals surface area contributed by atoms with Crippen molar-refractivity contribution >= 4 is 16.8 Å². The highest BCUT2D eigenvalue weighted by Gasteiger charge is 2.23. The topological polar surface area (TPSA) is 76.5 Å². The van der Waals surface area contributed by atoms with Crippen molar-refractivity contribution in [3.05, 3.63) is 52.0 Å². The number of hydrogen-bond donors (Lipinski definition) is 2. The largest absolute Gasteiger partial charge is 0.497 e. The van der Waals surface area contributed by atoms with Crippen LogP contribution in [0.15, 0.2) is 39.5 Å². The fraction of sp³-hybridized carbons (Fsp3) is 0.278. The van der Waals surface area contributed by atoms with Crippen molar-refractivity contribution in [2.24, 2.45) is 0 Å². The van der Waals surface area contributed by atoms with Crippen molar-refractivity contribution < 1.29 is 13.9 Å². The zero-order valence-electron chi connectivity index (χ0n) is 13.5. The van der Waals surface area contributed by atoms with Crippen LogP contribution in [0.4, 0.5) is 5.69 Å². The lowest BCUT2D eigenvalue weighted by atomic mass is 10.1. The number of hydrogen-bond acceptors (Lipinski definition) is 5. The number of fused-ring (bicyclic) bond motifs is 2. The summed E-state index contributed by atoms with van der Waals surface area (Å²) in [6.45, 7) is 2.66. The van der Waals surface area contributed by atoms with Crippen molar-refractivity contribution in [2.45, 2.75) is 26.0 Å². The summed E-state index contributed by atoms with van der Waals surface area (Å²) < 4.78 is 16.3. The van der Waals surface area contributed by atoms with Crippen LogP contribution >= 0.6 is 0 Å². The van der Waals surface area contributed by atoms with E-state index in [2.05, 4.69) is 17.2 Å². The third kappa shape index (κ3) is 2.60. The zero-order valence-corrected chi connectivity index (χ0v) is 13.5. The van der Waals surface area contributed by atoms with E-state index in [1.807, 2.05) is 24.3 Å². The van der Waals surface area contributed by atoms with Crippen LogP contribution in [0.3, 0.4) is 0 Å². The van der Waals surface area contributed by atoms with Gasteiger partial charge in [-0.2, -0.15) is 0 Å². The molecule has 6 heteroatoms. The Balaban J connectivity index is 1.60. The number of nitrogens with one attached hydrogen (secondary N) is 2. The number of ether oxygens (including phenoxy) is 2. The van der Waals surface area contributed by atoms with Crippen LogP contribution in [-0.4, -0.2) is 18.2 Å². The molecule has 0 spiro atoms. The lowest BCUT2D eigenvalue weighted by Crippen LogP contribution is -2.07. The first-order chi connectivity index (χ1) is 11.6. The Morgan fingerprint density at radius 2 is 2.21 bits per heavy atom. The lowest BCUT2D eigenvalue weighted by molar-refractivity contribution is 0.252. The predicted molar refractivity (Wildman–Crippen MR) is 90.9 cm³/mol. The number of benzene rings is 2. The number of aromatic amines is 1. The van der Waals surface area contributed by atoms with E-state index in [9.17, 15) is 4.79 Å². The van der Waals surface area contributed by atoms with Gasteiger partial charge in [0.05, 0.1) is 12.6 Å². The summed E-state index contributed by atoms with van der Waals surface area (Å²) in [5.74, 6) is 1.32. The number of rotatable bonds is 4. The third-order valence-corrected chi connectivity index (χ3v) is 4.18. The molecule has 0 fully saturated rings. The van der Waals surface area contributed by atoms with E-state index in [0.29, 0.717) is 17.6 Å². The van der Waals surface area contributed by atoms with E-state index >= 15 is 0 Å². The van der Waals surface area contributed by atoms with Gasteiger partial charge >= 0.3 is 5.76 Å². The molecule has 0 saturated carbocycles. The van der Waals surface area contributed by atoms with E-state index < -0.39 is 5.76 Å². The SMILES string of the molecule is COc1cc(CNc2ccc3oc(=O)[nH]c3c2)c2c(c1)C[C@@H](C)O2. The molecule has 0 bridgehead atoms. The average Bonchev–Trinajstić information content (AvgIpc) is 3.12. The molecule has 24 heavy (non-hydrogen) atoms. The third-order valence-electron chi connectivity index (χ3n) is 4.18.